The van der Waals surface area contributed by atoms with Crippen LogP contribution in [0.3, 0.4) is 0 Å². The first-order valence-electron chi connectivity index (χ1n) is 8.23. The summed E-state index contributed by atoms with van der Waals surface area (Å²) in [5.41, 5.74) is 1.39. The van der Waals surface area contributed by atoms with Crippen molar-refractivity contribution in [2.75, 3.05) is 6.61 Å². The van der Waals surface area contributed by atoms with Crippen LogP contribution < -0.4 is 10.1 Å². The summed E-state index contributed by atoms with van der Waals surface area (Å²) in [5, 5.41) is 5.26. The van der Waals surface area contributed by atoms with Gasteiger partial charge in [-0.15, -0.1) is 0 Å². The van der Waals surface area contributed by atoms with E-state index in [1.165, 1.54) is 0 Å². The number of hydrogen-bond acceptors (Lipinski definition) is 3. The highest BCUT2D eigenvalue weighted by Crippen LogP contribution is 2.26. The van der Waals surface area contributed by atoms with Crippen molar-refractivity contribution in [1.29, 1.82) is 0 Å². The fourth-order valence-electron chi connectivity index (χ4n) is 2.78. The second-order valence-corrected chi connectivity index (χ2v) is 6.38. The molecule has 0 saturated carbocycles. The van der Waals surface area contributed by atoms with Crippen molar-refractivity contribution in [1.82, 2.24) is 5.32 Å². The Balaban J connectivity index is 1.67. The predicted octanol–water partition coefficient (Wildman–Crippen LogP) is 4.56. The summed E-state index contributed by atoms with van der Waals surface area (Å²) >= 11 is 5.87. The van der Waals surface area contributed by atoms with Crippen molar-refractivity contribution in [3.05, 3.63) is 76.8 Å². The third-order valence-corrected chi connectivity index (χ3v) is 4.41. The first-order chi connectivity index (χ1) is 12.6. The van der Waals surface area contributed by atoms with Gasteiger partial charge in [0.2, 0.25) is 0 Å². The van der Waals surface area contributed by atoms with Crippen LogP contribution in [-0.4, -0.2) is 18.8 Å². The maximum atomic E-state index is 12.2. The Kier molecular flexibility index (Phi) is 5.54. The fourth-order valence-corrected chi connectivity index (χ4v) is 2.91. The molecule has 3 rings (SSSR count). The van der Waals surface area contributed by atoms with Crippen molar-refractivity contribution >= 4 is 34.6 Å². The molecule has 0 saturated heterocycles. The van der Waals surface area contributed by atoms with Gasteiger partial charge in [0.05, 0.1) is 11.6 Å². The Morgan fingerprint density at radius 1 is 1.12 bits per heavy atom. The molecule has 0 bridgehead atoms. The number of carbonyl (C=O) groups is 2. The molecule has 0 spiro atoms. The molecule has 1 atom stereocenters. The van der Waals surface area contributed by atoms with E-state index in [-0.39, 0.29) is 18.6 Å². The first-order valence-corrected chi connectivity index (χ1v) is 8.61. The van der Waals surface area contributed by atoms with Crippen molar-refractivity contribution < 1.29 is 14.3 Å². The van der Waals surface area contributed by atoms with E-state index in [0.717, 1.165) is 22.6 Å². The summed E-state index contributed by atoms with van der Waals surface area (Å²) in [7, 11) is 0. The van der Waals surface area contributed by atoms with Crippen LogP contribution >= 0.6 is 11.6 Å². The van der Waals surface area contributed by atoms with Crippen LogP contribution in [0.4, 0.5) is 0 Å². The minimum absolute atomic E-state index is 0.170. The number of ether oxygens (including phenoxy) is 1. The minimum Gasteiger partial charge on any atom is -0.483 e. The van der Waals surface area contributed by atoms with Gasteiger partial charge in [-0.05, 0) is 41.5 Å². The van der Waals surface area contributed by atoms with Gasteiger partial charge in [-0.25, -0.2) is 0 Å². The lowest BCUT2D eigenvalue weighted by atomic mass is 10.0. The molecule has 5 heteroatoms. The molecular formula is C21H18ClNO3. The van der Waals surface area contributed by atoms with Gasteiger partial charge < -0.3 is 10.1 Å². The zero-order valence-corrected chi connectivity index (χ0v) is 15.0. The lowest BCUT2D eigenvalue weighted by Crippen LogP contribution is -2.31. The Morgan fingerprint density at radius 3 is 2.58 bits per heavy atom. The summed E-state index contributed by atoms with van der Waals surface area (Å²) in [5.74, 6) is 0.130. The monoisotopic (exact) mass is 367 g/mol. The average molecular weight is 368 g/mol. The van der Waals surface area contributed by atoms with Gasteiger partial charge in [0.25, 0.3) is 5.91 Å². The van der Waals surface area contributed by atoms with E-state index >= 15 is 0 Å². The van der Waals surface area contributed by atoms with Crippen LogP contribution in [0, 0.1) is 0 Å². The van der Waals surface area contributed by atoms with Gasteiger partial charge in [0, 0.05) is 5.02 Å². The predicted molar refractivity (Wildman–Crippen MR) is 103 cm³/mol. The van der Waals surface area contributed by atoms with E-state index in [0.29, 0.717) is 16.3 Å². The summed E-state index contributed by atoms with van der Waals surface area (Å²) in [6.07, 6.45) is 0.756. The Morgan fingerprint density at radius 2 is 1.85 bits per heavy atom. The number of nitrogens with one attached hydrogen (secondary N) is 1. The average Bonchev–Trinajstić information content (AvgIpc) is 2.66. The highest BCUT2D eigenvalue weighted by molar-refractivity contribution is 6.30. The molecular weight excluding hydrogens is 350 g/mol. The molecule has 0 aliphatic rings. The van der Waals surface area contributed by atoms with Gasteiger partial charge in [-0.1, -0.05) is 54.1 Å². The maximum Gasteiger partial charge on any atom is 0.258 e. The number of amides is 1. The van der Waals surface area contributed by atoms with Crippen molar-refractivity contribution in [2.45, 2.75) is 13.0 Å². The van der Waals surface area contributed by atoms with Crippen LogP contribution in [-0.2, 0) is 4.79 Å². The molecule has 0 heterocycles. The maximum absolute atomic E-state index is 12.2. The summed E-state index contributed by atoms with van der Waals surface area (Å²) in [6.45, 7) is 1.71. The Hall–Kier alpha value is -2.85. The van der Waals surface area contributed by atoms with Crippen LogP contribution in [0.2, 0.25) is 5.02 Å². The third kappa shape index (κ3) is 4.03. The first kappa shape index (κ1) is 18.0. The molecule has 0 aliphatic heterocycles. The lowest BCUT2D eigenvalue weighted by molar-refractivity contribution is -0.123. The SMILES string of the molecule is CC(NC(=O)COc1ccc2ccccc2c1C=O)c1ccc(Cl)cc1. The largest absolute Gasteiger partial charge is 0.483 e. The smallest absolute Gasteiger partial charge is 0.258 e. The molecule has 0 aromatic heterocycles. The quantitative estimate of drug-likeness (QED) is 0.650. The summed E-state index contributed by atoms with van der Waals surface area (Å²) in [4.78, 5) is 23.7. The number of hydrogen-bond donors (Lipinski definition) is 1. The molecule has 3 aromatic carbocycles. The molecule has 1 N–H and O–H groups in total. The minimum atomic E-state index is -0.266. The number of carbonyl (C=O) groups excluding carboxylic acids is 2. The van der Waals surface area contributed by atoms with Gasteiger partial charge in [-0.2, -0.15) is 0 Å². The fraction of sp³-hybridized carbons (Fsp3) is 0.143. The van der Waals surface area contributed by atoms with Crippen molar-refractivity contribution in [3.63, 3.8) is 0 Å². The van der Waals surface area contributed by atoms with Crippen molar-refractivity contribution in [3.8, 4) is 5.75 Å². The Bertz CT molecular complexity index is 938. The molecule has 0 radical (unpaired) electrons. The topological polar surface area (TPSA) is 55.4 Å². The van der Waals surface area contributed by atoms with E-state index in [9.17, 15) is 9.59 Å². The highest BCUT2D eigenvalue weighted by atomic mass is 35.5. The molecule has 1 amide bonds. The van der Waals surface area contributed by atoms with Crippen LogP contribution in [0.1, 0.15) is 28.9 Å². The number of aldehydes is 1. The van der Waals surface area contributed by atoms with Crippen molar-refractivity contribution in [2.24, 2.45) is 0 Å². The van der Waals surface area contributed by atoms with Crippen LogP contribution in [0.15, 0.2) is 60.7 Å². The van der Waals surface area contributed by atoms with Gasteiger partial charge in [0.1, 0.15) is 5.75 Å². The second kappa shape index (κ2) is 8.02. The molecule has 132 valence electrons. The number of benzene rings is 3. The molecule has 3 aromatic rings. The molecule has 26 heavy (non-hydrogen) atoms. The number of fused-ring (bicyclic) bond motifs is 1. The normalized spacial score (nSPS) is 11.8. The summed E-state index contributed by atoms with van der Waals surface area (Å²) in [6, 6.07) is 18.2. The standard InChI is InChI=1S/C21H18ClNO3/c1-14(15-6-9-17(22)10-7-15)23-21(25)13-26-20-11-8-16-4-2-3-5-18(16)19(20)12-24/h2-12,14H,13H2,1H3,(H,23,25). The molecule has 0 fully saturated rings. The zero-order chi connectivity index (χ0) is 18.5. The second-order valence-electron chi connectivity index (χ2n) is 5.95. The molecule has 0 aliphatic carbocycles. The number of rotatable bonds is 6. The van der Waals surface area contributed by atoms with Gasteiger partial charge >= 0.3 is 0 Å². The van der Waals surface area contributed by atoms with E-state index in [1.807, 2.05) is 49.4 Å². The number of halogens is 1. The van der Waals surface area contributed by atoms with E-state index in [2.05, 4.69) is 5.32 Å². The third-order valence-electron chi connectivity index (χ3n) is 4.15. The zero-order valence-electron chi connectivity index (χ0n) is 14.2. The molecule has 1 unspecified atom stereocenters. The van der Waals surface area contributed by atoms with Crippen LogP contribution in [0.5, 0.6) is 5.75 Å². The van der Waals surface area contributed by atoms with E-state index in [4.69, 9.17) is 16.3 Å². The summed E-state index contributed by atoms with van der Waals surface area (Å²) < 4.78 is 5.59. The molecule has 4 nitrogen and oxygen atoms in total. The Labute approximate surface area is 156 Å². The van der Waals surface area contributed by atoms with Gasteiger partial charge in [0.15, 0.2) is 12.9 Å². The van der Waals surface area contributed by atoms with E-state index < -0.39 is 0 Å². The van der Waals surface area contributed by atoms with Crippen LogP contribution in [0.25, 0.3) is 10.8 Å². The van der Waals surface area contributed by atoms with Gasteiger partial charge in [-0.3, -0.25) is 9.59 Å². The lowest BCUT2D eigenvalue weighted by Gasteiger charge is -2.15. The highest BCUT2D eigenvalue weighted by Gasteiger charge is 2.13. The van der Waals surface area contributed by atoms with E-state index in [1.54, 1.807) is 18.2 Å².